The fraction of sp³-hybridized carbons (Fsp3) is 0.500. The van der Waals surface area contributed by atoms with Crippen molar-refractivity contribution in [3.8, 4) is 0 Å². The Balaban J connectivity index is 1.27. The molecule has 1 amide bonds. The Labute approximate surface area is 150 Å². The Morgan fingerprint density at radius 1 is 1.17 bits per heavy atom. The van der Waals surface area contributed by atoms with Gasteiger partial charge in [0, 0.05) is 12.2 Å². The van der Waals surface area contributed by atoms with Crippen molar-refractivity contribution < 1.29 is 4.79 Å². The maximum absolute atomic E-state index is 12.3. The molecule has 0 atom stereocenters. The molecule has 0 saturated heterocycles. The molecule has 1 N–H and O–H groups in total. The molecule has 0 radical (unpaired) electrons. The molecule has 2 aliphatic carbocycles. The van der Waals surface area contributed by atoms with Crippen molar-refractivity contribution in [1.82, 2.24) is 10.2 Å². The van der Waals surface area contributed by atoms with E-state index < -0.39 is 0 Å². The van der Waals surface area contributed by atoms with Crippen LogP contribution in [-0.2, 0) is 10.5 Å². The molecule has 6 heteroatoms. The first-order valence-electron chi connectivity index (χ1n) is 8.58. The van der Waals surface area contributed by atoms with Crippen molar-refractivity contribution in [2.24, 2.45) is 17.8 Å². The summed E-state index contributed by atoms with van der Waals surface area (Å²) in [5.74, 6) is 3.18. The minimum absolute atomic E-state index is 0.106. The Morgan fingerprint density at radius 2 is 1.88 bits per heavy atom. The minimum atomic E-state index is 0.106. The van der Waals surface area contributed by atoms with Crippen LogP contribution in [0.3, 0.4) is 0 Å². The summed E-state index contributed by atoms with van der Waals surface area (Å²) in [4.78, 5) is 12.3. The number of nitrogens with zero attached hydrogens (tertiary/aromatic N) is 2. The summed E-state index contributed by atoms with van der Waals surface area (Å²) in [5.41, 5.74) is 1.26. The molecule has 0 unspecified atom stereocenters. The molecule has 0 aliphatic heterocycles. The van der Waals surface area contributed by atoms with E-state index in [1.54, 1.807) is 11.8 Å². The first kappa shape index (κ1) is 16.1. The second kappa shape index (κ2) is 7.23. The second-order valence-electron chi connectivity index (χ2n) is 6.74. The van der Waals surface area contributed by atoms with E-state index in [1.165, 1.54) is 42.6 Å². The average Bonchev–Trinajstić information content (AvgIpc) is 3.51. The Bertz CT molecular complexity index is 683. The molecular weight excluding hydrogens is 338 g/mol. The van der Waals surface area contributed by atoms with Gasteiger partial charge in [0.1, 0.15) is 0 Å². The van der Waals surface area contributed by atoms with Crippen LogP contribution in [0.5, 0.6) is 0 Å². The van der Waals surface area contributed by atoms with Gasteiger partial charge in [-0.2, -0.15) is 0 Å². The van der Waals surface area contributed by atoms with Gasteiger partial charge in [0.15, 0.2) is 4.34 Å². The van der Waals surface area contributed by atoms with Crippen molar-refractivity contribution >= 4 is 34.1 Å². The third-order valence-electron chi connectivity index (χ3n) is 4.73. The molecule has 1 heterocycles. The molecule has 0 bridgehead atoms. The summed E-state index contributed by atoms with van der Waals surface area (Å²) >= 11 is 3.12. The molecule has 2 aromatic rings. The number of nitrogens with one attached hydrogen (secondary N) is 1. The third kappa shape index (κ3) is 4.36. The highest BCUT2D eigenvalue weighted by Gasteiger charge is 2.42. The Kier molecular flexibility index (Phi) is 4.85. The highest BCUT2D eigenvalue weighted by atomic mass is 32.2. The molecule has 2 fully saturated rings. The number of aromatic nitrogens is 2. The topological polar surface area (TPSA) is 54.9 Å². The molecule has 126 valence electrons. The standard InChI is InChI=1S/C18H21N3OS2/c22-16(10-15(13-6-7-13)14-8-9-14)19-17-20-21-18(24-17)23-11-12-4-2-1-3-5-12/h1-5,13-15H,6-11H2,(H,19,20,22). The van der Waals surface area contributed by atoms with Crippen LogP contribution in [0.1, 0.15) is 37.7 Å². The van der Waals surface area contributed by atoms with Crippen molar-refractivity contribution in [2.75, 3.05) is 5.32 Å². The number of hydrogen-bond donors (Lipinski definition) is 1. The molecular formula is C18H21N3OS2. The maximum Gasteiger partial charge on any atom is 0.226 e. The number of carbonyl (C=O) groups excluding carboxylic acids is 1. The van der Waals surface area contributed by atoms with E-state index in [-0.39, 0.29) is 5.91 Å². The van der Waals surface area contributed by atoms with Gasteiger partial charge < -0.3 is 5.32 Å². The van der Waals surface area contributed by atoms with E-state index in [9.17, 15) is 4.79 Å². The van der Waals surface area contributed by atoms with E-state index in [2.05, 4.69) is 27.6 Å². The van der Waals surface area contributed by atoms with Gasteiger partial charge in [0.2, 0.25) is 11.0 Å². The van der Waals surface area contributed by atoms with Crippen LogP contribution < -0.4 is 5.32 Å². The number of hydrogen-bond acceptors (Lipinski definition) is 5. The van der Waals surface area contributed by atoms with Gasteiger partial charge in [-0.15, -0.1) is 10.2 Å². The maximum atomic E-state index is 12.3. The van der Waals surface area contributed by atoms with Gasteiger partial charge in [-0.05, 0) is 49.0 Å². The molecule has 1 aromatic heterocycles. The van der Waals surface area contributed by atoms with Crippen molar-refractivity contribution in [3.05, 3.63) is 35.9 Å². The number of thioether (sulfide) groups is 1. The number of amides is 1. The summed E-state index contributed by atoms with van der Waals surface area (Å²) in [5, 5.41) is 11.9. The monoisotopic (exact) mass is 359 g/mol. The fourth-order valence-electron chi connectivity index (χ4n) is 3.19. The van der Waals surface area contributed by atoms with Gasteiger partial charge >= 0.3 is 0 Å². The lowest BCUT2D eigenvalue weighted by Crippen LogP contribution is -2.19. The van der Waals surface area contributed by atoms with Crippen LogP contribution in [0.2, 0.25) is 0 Å². The molecule has 1 aromatic carbocycles. The zero-order valence-electron chi connectivity index (χ0n) is 13.5. The summed E-state index contributed by atoms with van der Waals surface area (Å²) in [6.45, 7) is 0. The summed E-state index contributed by atoms with van der Waals surface area (Å²) in [6, 6.07) is 10.3. The smallest absolute Gasteiger partial charge is 0.226 e. The largest absolute Gasteiger partial charge is 0.300 e. The number of anilines is 1. The summed E-state index contributed by atoms with van der Waals surface area (Å²) in [7, 11) is 0. The van der Waals surface area contributed by atoms with E-state index in [4.69, 9.17) is 0 Å². The zero-order chi connectivity index (χ0) is 16.4. The molecule has 4 rings (SSSR count). The van der Waals surface area contributed by atoms with Crippen LogP contribution in [0.15, 0.2) is 34.7 Å². The normalized spacial score (nSPS) is 17.2. The number of carbonyl (C=O) groups is 1. The van der Waals surface area contributed by atoms with E-state index in [0.29, 0.717) is 17.5 Å². The fourth-order valence-corrected chi connectivity index (χ4v) is 4.91. The minimum Gasteiger partial charge on any atom is -0.300 e. The van der Waals surface area contributed by atoms with Crippen molar-refractivity contribution in [1.29, 1.82) is 0 Å². The number of benzene rings is 1. The van der Waals surface area contributed by atoms with Gasteiger partial charge in [0.25, 0.3) is 0 Å². The van der Waals surface area contributed by atoms with Crippen LogP contribution in [0.4, 0.5) is 5.13 Å². The predicted molar refractivity (Wildman–Crippen MR) is 98.1 cm³/mol. The third-order valence-corrected chi connectivity index (χ3v) is 6.78. The predicted octanol–water partition coefficient (Wildman–Crippen LogP) is 4.60. The average molecular weight is 360 g/mol. The number of rotatable bonds is 8. The van der Waals surface area contributed by atoms with Crippen molar-refractivity contribution in [3.63, 3.8) is 0 Å². The molecule has 24 heavy (non-hydrogen) atoms. The van der Waals surface area contributed by atoms with Crippen LogP contribution in [0, 0.1) is 17.8 Å². The quantitative estimate of drug-likeness (QED) is 0.553. The van der Waals surface area contributed by atoms with Gasteiger partial charge in [-0.1, -0.05) is 53.4 Å². The molecule has 4 nitrogen and oxygen atoms in total. The Morgan fingerprint density at radius 3 is 2.54 bits per heavy atom. The SMILES string of the molecule is O=C(CC(C1CC1)C1CC1)Nc1nnc(SCc2ccccc2)s1. The summed E-state index contributed by atoms with van der Waals surface area (Å²) in [6.07, 6.45) is 5.91. The summed E-state index contributed by atoms with van der Waals surface area (Å²) < 4.78 is 0.898. The first-order chi connectivity index (χ1) is 11.8. The van der Waals surface area contributed by atoms with Gasteiger partial charge in [0.05, 0.1) is 0 Å². The highest BCUT2D eigenvalue weighted by molar-refractivity contribution is 8.00. The van der Waals surface area contributed by atoms with Gasteiger partial charge in [-0.25, -0.2) is 0 Å². The van der Waals surface area contributed by atoms with Gasteiger partial charge in [-0.3, -0.25) is 4.79 Å². The highest BCUT2D eigenvalue weighted by Crippen LogP contribution is 2.50. The van der Waals surface area contributed by atoms with Crippen molar-refractivity contribution in [2.45, 2.75) is 42.2 Å². The second-order valence-corrected chi connectivity index (χ2v) is 8.94. The van der Waals surface area contributed by atoms with E-state index in [0.717, 1.165) is 21.9 Å². The first-order valence-corrected chi connectivity index (χ1v) is 10.4. The zero-order valence-corrected chi connectivity index (χ0v) is 15.1. The lowest BCUT2D eigenvalue weighted by molar-refractivity contribution is -0.117. The van der Waals surface area contributed by atoms with Crippen LogP contribution >= 0.6 is 23.1 Å². The molecule has 2 aliphatic rings. The van der Waals surface area contributed by atoms with E-state index >= 15 is 0 Å². The molecule has 0 spiro atoms. The lowest BCUT2D eigenvalue weighted by atomic mass is 9.94. The van der Waals surface area contributed by atoms with Crippen LogP contribution in [-0.4, -0.2) is 16.1 Å². The van der Waals surface area contributed by atoms with E-state index in [1.807, 2.05) is 18.2 Å². The van der Waals surface area contributed by atoms with Crippen LogP contribution in [0.25, 0.3) is 0 Å². The lowest BCUT2D eigenvalue weighted by Gasteiger charge is -2.13. The molecule has 2 saturated carbocycles. The Hall–Kier alpha value is -1.40.